The summed E-state index contributed by atoms with van der Waals surface area (Å²) in [6.45, 7) is 0. The molecular weight excluding hydrogens is 200 g/mol. The molecule has 16 heavy (non-hydrogen) atoms. The molecule has 2 nitrogen and oxygen atoms in total. The molecule has 0 radical (unpaired) electrons. The number of rotatable bonds is 1. The second-order valence-electron chi connectivity index (χ2n) is 3.32. The Bertz CT molecular complexity index is 588. The summed E-state index contributed by atoms with van der Waals surface area (Å²) >= 11 is 0. The zero-order chi connectivity index (χ0) is 11.4. The van der Waals surface area contributed by atoms with Crippen molar-refractivity contribution >= 4 is 17.1 Å². The van der Waals surface area contributed by atoms with Crippen LogP contribution in [0.4, 0.5) is 0 Å². The van der Waals surface area contributed by atoms with Crippen LogP contribution in [0.25, 0.3) is 10.8 Å². The van der Waals surface area contributed by atoms with Crippen LogP contribution in [0.1, 0.15) is 5.56 Å². The smallest absolute Gasteiger partial charge is 0.193 e. The van der Waals surface area contributed by atoms with Gasteiger partial charge in [-0.2, -0.15) is 0 Å². The number of carbonyl (C=O) groups is 1. The van der Waals surface area contributed by atoms with Gasteiger partial charge < -0.3 is 4.74 Å². The fourth-order valence-corrected chi connectivity index (χ4v) is 1.54. The normalized spacial score (nSPS) is 9.31. The third kappa shape index (κ3) is 2.04. The highest BCUT2D eigenvalue weighted by atomic mass is 16.5. The molecule has 0 N–H and O–H groups in total. The van der Waals surface area contributed by atoms with E-state index in [0.717, 1.165) is 22.1 Å². The summed E-state index contributed by atoms with van der Waals surface area (Å²) in [4.78, 5) is 10.1. The average Bonchev–Trinajstić information content (AvgIpc) is 2.35. The Morgan fingerprint density at radius 3 is 2.62 bits per heavy atom. The molecule has 0 spiro atoms. The van der Waals surface area contributed by atoms with E-state index >= 15 is 0 Å². The van der Waals surface area contributed by atoms with Crippen molar-refractivity contribution in [1.82, 2.24) is 0 Å². The van der Waals surface area contributed by atoms with E-state index in [1.54, 1.807) is 7.11 Å². The highest BCUT2D eigenvalue weighted by Gasteiger charge is 1.96. The number of methoxy groups -OCH3 is 1. The molecule has 0 aromatic heterocycles. The summed E-state index contributed by atoms with van der Waals surface area (Å²) in [5, 5.41) is 2.18. The Balaban J connectivity index is 2.51. The van der Waals surface area contributed by atoms with Gasteiger partial charge in [0, 0.05) is 5.56 Å². The quantitative estimate of drug-likeness (QED) is 0.533. The van der Waals surface area contributed by atoms with Crippen LogP contribution in [0.3, 0.4) is 0 Å². The van der Waals surface area contributed by atoms with Gasteiger partial charge in [-0.3, -0.25) is 4.79 Å². The van der Waals surface area contributed by atoms with Crippen LogP contribution in [0.15, 0.2) is 36.4 Å². The fraction of sp³-hybridized carbons (Fsp3) is 0.0714. The van der Waals surface area contributed by atoms with Crippen molar-refractivity contribution in [3.05, 3.63) is 42.0 Å². The molecule has 0 aliphatic heterocycles. The molecule has 2 rings (SSSR count). The van der Waals surface area contributed by atoms with Crippen molar-refractivity contribution in [2.24, 2.45) is 0 Å². The predicted octanol–water partition coefficient (Wildman–Crippen LogP) is 2.40. The van der Waals surface area contributed by atoms with Crippen LogP contribution in [-0.2, 0) is 4.79 Å². The molecule has 0 amide bonds. The van der Waals surface area contributed by atoms with E-state index < -0.39 is 0 Å². The lowest BCUT2D eigenvalue weighted by molar-refractivity contribution is -0.103. The molecular formula is C14H10O2. The lowest BCUT2D eigenvalue weighted by Crippen LogP contribution is -1.83. The first-order valence-electron chi connectivity index (χ1n) is 4.86. The van der Waals surface area contributed by atoms with E-state index in [4.69, 9.17) is 4.74 Å². The largest absolute Gasteiger partial charge is 0.497 e. The molecule has 0 aliphatic carbocycles. The molecule has 0 saturated carbocycles. The molecule has 0 unspecified atom stereocenters. The van der Waals surface area contributed by atoms with E-state index in [1.807, 2.05) is 36.4 Å². The third-order valence-electron chi connectivity index (χ3n) is 2.32. The van der Waals surface area contributed by atoms with Crippen LogP contribution >= 0.6 is 0 Å². The highest BCUT2D eigenvalue weighted by Crippen LogP contribution is 2.21. The molecule has 2 aromatic rings. The number of hydrogen-bond donors (Lipinski definition) is 0. The zero-order valence-electron chi connectivity index (χ0n) is 8.86. The monoisotopic (exact) mass is 210 g/mol. The maximum absolute atomic E-state index is 10.1. The van der Waals surface area contributed by atoms with Gasteiger partial charge in [0.25, 0.3) is 0 Å². The maximum Gasteiger partial charge on any atom is 0.193 e. The Kier molecular flexibility index (Phi) is 2.88. The number of hydrogen-bond acceptors (Lipinski definition) is 2. The summed E-state index contributed by atoms with van der Waals surface area (Å²) in [6.07, 6.45) is 0.595. The molecule has 0 aliphatic rings. The van der Waals surface area contributed by atoms with Gasteiger partial charge in [-0.1, -0.05) is 18.1 Å². The Labute approximate surface area is 93.8 Å². The van der Waals surface area contributed by atoms with Crippen LogP contribution in [0, 0.1) is 11.8 Å². The lowest BCUT2D eigenvalue weighted by atomic mass is 10.1. The molecule has 2 heteroatoms. The number of benzene rings is 2. The van der Waals surface area contributed by atoms with Gasteiger partial charge in [-0.15, -0.1) is 0 Å². The number of ether oxygens (including phenoxy) is 1. The molecule has 0 saturated heterocycles. The molecule has 0 fully saturated rings. The summed E-state index contributed by atoms with van der Waals surface area (Å²) in [5.74, 6) is 5.99. The van der Waals surface area contributed by atoms with Crippen molar-refractivity contribution in [2.45, 2.75) is 0 Å². The van der Waals surface area contributed by atoms with Gasteiger partial charge >= 0.3 is 0 Å². The van der Waals surface area contributed by atoms with Gasteiger partial charge in [0.05, 0.1) is 7.11 Å². The van der Waals surface area contributed by atoms with E-state index in [0.29, 0.717) is 6.29 Å². The summed E-state index contributed by atoms with van der Waals surface area (Å²) in [5.41, 5.74) is 0.838. The second-order valence-corrected chi connectivity index (χ2v) is 3.32. The summed E-state index contributed by atoms with van der Waals surface area (Å²) < 4.78 is 5.14. The van der Waals surface area contributed by atoms with Gasteiger partial charge in [0.2, 0.25) is 0 Å². The standard InChI is InChI=1S/C14H10O2/c1-16-14-7-6-12-9-11(3-2-8-15)4-5-13(12)10-14/h4-10H,1H3. The third-order valence-corrected chi connectivity index (χ3v) is 2.32. The molecule has 0 atom stereocenters. The Morgan fingerprint density at radius 2 is 1.88 bits per heavy atom. The number of carbonyl (C=O) groups excluding carboxylic acids is 1. The molecule has 0 bridgehead atoms. The first-order valence-corrected chi connectivity index (χ1v) is 4.86. The summed E-state index contributed by atoms with van der Waals surface area (Å²) in [7, 11) is 1.64. The SMILES string of the molecule is COc1ccc2cc(C#CC=O)ccc2c1. The van der Waals surface area contributed by atoms with Crippen molar-refractivity contribution in [1.29, 1.82) is 0 Å². The number of aldehydes is 1. The average molecular weight is 210 g/mol. The van der Waals surface area contributed by atoms with Crippen LogP contribution in [0.5, 0.6) is 5.75 Å². The minimum absolute atomic E-state index is 0.595. The van der Waals surface area contributed by atoms with Crippen molar-refractivity contribution < 1.29 is 9.53 Å². The molecule has 78 valence electrons. The number of fused-ring (bicyclic) bond motifs is 1. The summed E-state index contributed by atoms with van der Waals surface area (Å²) in [6, 6.07) is 11.6. The minimum Gasteiger partial charge on any atom is -0.497 e. The Hall–Kier alpha value is -2.27. The van der Waals surface area contributed by atoms with Crippen molar-refractivity contribution in [3.63, 3.8) is 0 Å². The highest BCUT2D eigenvalue weighted by molar-refractivity contribution is 5.85. The van der Waals surface area contributed by atoms with E-state index in [9.17, 15) is 4.79 Å². The minimum atomic E-state index is 0.595. The van der Waals surface area contributed by atoms with E-state index in [-0.39, 0.29) is 0 Å². The van der Waals surface area contributed by atoms with Gasteiger partial charge in [-0.25, -0.2) is 0 Å². The topological polar surface area (TPSA) is 26.3 Å². The maximum atomic E-state index is 10.1. The van der Waals surface area contributed by atoms with E-state index in [2.05, 4.69) is 11.8 Å². The van der Waals surface area contributed by atoms with Gasteiger partial charge in [0.15, 0.2) is 6.29 Å². The van der Waals surface area contributed by atoms with Crippen molar-refractivity contribution in [2.75, 3.05) is 7.11 Å². The van der Waals surface area contributed by atoms with Gasteiger partial charge in [0.1, 0.15) is 5.75 Å². The molecule has 2 aromatic carbocycles. The van der Waals surface area contributed by atoms with E-state index in [1.165, 1.54) is 0 Å². The first kappa shape index (κ1) is 10.3. The first-order chi connectivity index (χ1) is 7.83. The molecule has 0 heterocycles. The van der Waals surface area contributed by atoms with Gasteiger partial charge in [-0.05, 0) is 41.0 Å². The lowest BCUT2D eigenvalue weighted by Gasteiger charge is -2.02. The van der Waals surface area contributed by atoms with Crippen LogP contribution in [0.2, 0.25) is 0 Å². The predicted molar refractivity (Wildman–Crippen MR) is 63.4 cm³/mol. The zero-order valence-corrected chi connectivity index (χ0v) is 8.86. The fourth-order valence-electron chi connectivity index (χ4n) is 1.54. The second kappa shape index (κ2) is 4.50. The van der Waals surface area contributed by atoms with Crippen LogP contribution in [-0.4, -0.2) is 13.4 Å². The van der Waals surface area contributed by atoms with Crippen LogP contribution < -0.4 is 4.74 Å². The van der Waals surface area contributed by atoms with Crippen molar-refractivity contribution in [3.8, 4) is 17.6 Å². The Morgan fingerprint density at radius 1 is 1.12 bits per heavy atom.